The van der Waals surface area contributed by atoms with E-state index in [-0.39, 0.29) is 5.75 Å². The Kier molecular flexibility index (Phi) is 3.55. The third-order valence-electron chi connectivity index (χ3n) is 0.683. The van der Waals surface area contributed by atoms with Crippen LogP contribution in [0.1, 0.15) is 6.92 Å². The molecule has 0 aromatic heterocycles. The van der Waals surface area contributed by atoms with Gasteiger partial charge in [0.15, 0.2) is 6.23 Å². The predicted molar refractivity (Wildman–Crippen MR) is 37.3 cm³/mol. The quantitative estimate of drug-likeness (QED) is 0.464. The highest BCUT2D eigenvalue weighted by Gasteiger charge is 2.09. The SMILES string of the molecule is C=CCS(=O)(=O)NC(C)[O]. The molecule has 0 aliphatic heterocycles. The molecule has 0 saturated carbocycles. The zero-order valence-electron chi connectivity index (χ0n) is 5.70. The molecule has 0 aromatic rings. The second-order valence-corrected chi connectivity index (χ2v) is 3.63. The summed E-state index contributed by atoms with van der Waals surface area (Å²) in [6.45, 7) is 4.45. The van der Waals surface area contributed by atoms with Gasteiger partial charge >= 0.3 is 0 Å². The average molecular weight is 164 g/mol. The minimum absolute atomic E-state index is 0.209. The maximum absolute atomic E-state index is 10.7. The lowest BCUT2D eigenvalue weighted by atomic mass is 10.7. The second-order valence-electron chi connectivity index (χ2n) is 1.83. The summed E-state index contributed by atoms with van der Waals surface area (Å²) in [4.78, 5) is 0. The van der Waals surface area contributed by atoms with Crippen molar-refractivity contribution in [2.24, 2.45) is 0 Å². The van der Waals surface area contributed by atoms with E-state index in [0.29, 0.717) is 0 Å². The third-order valence-corrected chi connectivity index (χ3v) is 2.05. The van der Waals surface area contributed by atoms with Crippen molar-refractivity contribution in [2.45, 2.75) is 13.2 Å². The fourth-order valence-corrected chi connectivity index (χ4v) is 1.37. The molecule has 0 amide bonds. The molecule has 0 aliphatic rings. The molecule has 0 rings (SSSR count). The van der Waals surface area contributed by atoms with Crippen LogP contribution < -0.4 is 4.72 Å². The van der Waals surface area contributed by atoms with Crippen LogP contribution in [0.4, 0.5) is 0 Å². The summed E-state index contributed by atoms with van der Waals surface area (Å²) in [5, 5.41) is 10.3. The van der Waals surface area contributed by atoms with Crippen LogP contribution in [0, 0.1) is 0 Å². The van der Waals surface area contributed by atoms with Gasteiger partial charge in [0, 0.05) is 0 Å². The highest BCUT2D eigenvalue weighted by molar-refractivity contribution is 7.89. The van der Waals surface area contributed by atoms with Crippen molar-refractivity contribution in [3.63, 3.8) is 0 Å². The summed E-state index contributed by atoms with van der Waals surface area (Å²) in [6.07, 6.45) is -0.0602. The standard InChI is InChI=1S/C5H10NO3S/c1-3-4-10(8,9)6-5(2)7/h3,5-6H,1,4H2,2H3. The normalized spacial score (nSPS) is 14.6. The Labute approximate surface area is 60.6 Å². The van der Waals surface area contributed by atoms with E-state index in [0.717, 1.165) is 0 Å². The monoisotopic (exact) mass is 164 g/mol. The highest BCUT2D eigenvalue weighted by atomic mass is 32.2. The molecule has 4 nitrogen and oxygen atoms in total. The van der Waals surface area contributed by atoms with Gasteiger partial charge in [-0.05, 0) is 6.92 Å². The van der Waals surface area contributed by atoms with Gasteiger partial charge < -0.3 is 0 Å². The van der Waals surface area contributed by atoms with Gasteiger partial charge in [-0.15, -0.1) is 6.58 Å². The fourth-order valence-electron chi connectivity index (χ4n) is 0.456. The van der Waals surface area contributed by atoms with Gasteiger partial charge in [0.2, 0.25) is 10.0 Å². The van der Waals surface area contributed by atoms with Crippen LogP contribution in [-0.4, -0.2) is 20.4 Å². The molecule has 5 heteroatoms. The Balaban J connectivity index is 4.01. The van der Waals surface area contributed by atoms with Crippen molar-refractivity contribution in [3.05, 3.63) is 12.7 Å². The topological polar surface area (TPSA) is 66.1 Å². The molecule has 0 saturated heterocycles. The molecule has 1 unspecified atom stereocenters. The molecule has 0 heterocycles. The first kappa shape index (κ1) is 9.61. The van der Waals surface area contributed by atoms with Crippen molar-refractivity contribution in [1.29, 1.82) is 0 Å². The minimum Gasteiger partial charge on any atom is -0.215 e. The van der Waals surface area contributed by atoms with Crippen LogP contribution >= 0.6 is 0 Å². The number of rotatable bonds is 4. The molecule has 1 radical (unpaired) electrons. The summed E-state index contributed by atoms with van der Waals surface area (Å²) >= 11 is 0. The van der Waals surface area contributed by atoms with Crippen LogP contribution in [0.15, 0.2) is 12.7 Å². The summed E-state index contributed by atoms with van der Waals surface area (Å²) < 4.78 is 23.2. The molecule has 10 heavy (non-hydrogen) atoms. The largest absolute Gasteiger partial charge is 0.217 e. The number of hydrogen-bond donors (Lipinski definition) is 1. The third kappa shape index (κ3) is 4.49. The Morgan fingerprint density at radius 3 is 2.50 bits per heavy atom. The minimum atomic E-state index is -3.41. The van der Waals surface area contributed by atoms with Crippen molar-refractivity contribution in [1.82, 2.24) is 4.72 Å². The van der Waals surface area contributed by atoms with Crippen molar-refractivity contribution in [2.75, 3.05) is 5.75 Å². The smallest absolute Gasteiger partial charge is 0.215 e. The van der Waals surface area contributed by atoms with Gasteiger partial charge in [-0.2, -0.15) is 4.72 Å². The van der Waals surface area contributed by atoms with E-state index >= 15 is 0 Å². The molecule has 59 valence electrons. The predicted octanol–water partition coefficient (Wildman–Crippen LogP) is -0.132. The van der Waals surface area contributed by atoms with E-state index in [1.54, 1.807) is 0 Å². The average Bonchev–Trinajstić information content (AvgIpc) is 1.59. The van der Waals surface area contributed by atoms with Gasteiger partial charge in [-0.25, -0.2) is 13.5 Å². The molecule has 0 bridgehead atoms. The van der Waals surface area contributed by atoms with Crippen LogP contribution in [0.5, 0.6) is 0 Å². The van der Waals surface area contributed by atoms with Gasteiger partial charge in [0.05, 0.1) is 5.75 Å². The Bertz CT molecular complexity index is 195. The first-order valence-corrected chi connectivity index (χ1v) is 4.40. The van der Waals surface area contributed by atoms with E-state index < -0.39 is 16.3 Å². The Morgan fingerprint density at radius 2 is 2.20 bits per heavy atom. The molecular formula is C5H10NO3S. The van der Waals surface area contributed by atoms with Crippen molar-refractivity contribution in [3.8, 4) is 0 Å². The van der Waals surface area contributed by atoms with Crippen LogP contribution in [-0.2, 0) is 15.1 Å². The second kappa shape index (κ2) is 3.70. The fraction of sp³-hybridized carbons (Fsp3) is 0.600. The summed E-state index contributed by atoms with van der Waals surface area (Å²) in [6, 6.07) is 0. The van der Waals surface area contributed by atoms with Crippen molar-refractivity contribution >= 4 is 10.0 Å². The molecule has 1 atom stereocenters. The van der Waals surface area contributed by atoms with E-state index in [4.69, 9.17) is 0 Å². The number of sulfonamides is 1. The van der Waals surface area contributed by atoms with Gasteiger partial charge in [0.25, 0.3) is 0 Å². The van der Waals surface area contributed by atoms with Crippen LogP contribution in [0.25, 0.3) is 0 Å². The van der Waals surface area contributed by atoms with Crippen LogP contribution in [0.3, 0.4) is 0 Å². The lowest BCUT2D eigenvalue weighted by molar-refractivity contribution is 0.0963. The van der Waals surface area contributed by atoms with E-state index in [1.165, 1.54) is 13.0 Å². The molecule has 0 fully saturated rings. The lowest BCUT2D eigenvalue weighted by Crippen LogP contribution is -2.32. The maximum atomic E-state index is 10.7. The lowest BCUT2D eigenvalue weighted by Gasteiger charge is -2.03. The van der Waals surface area contributed by atoms with E-state index in [1.807, 2.05) is 4.72 Å². The zero-order chi connectivity index (χ0) is 8.20. The van der Waals surface area contributed by atoms with Crippen molar-refractivity contribution < 1.29 is 13.5 Å². The number of hydrogen-bond acceptors (Lipinski definition) is 2. The molecular weight excluding hydrogens is 154 g/mol. The summed E-state index contributed by atoms with van der Waals surface area (Å²) in [5.74, 6) is -0.209. The van der Waals surface area contributed by atoms with Crippen LogP contribution in [0.2, 0.25) is 0 Å². The maximum Gasteiger partial charge on any atom is 0.217 e. The van der Waals surface area contributed by atoms with E-state index in [2.05, 4.69) is 6.58 Å². The first-order chi connectivity index (χ1) is 4.48. The molecule has 0 aliphatic carbocycles. The zero-order valence-corrected chi connectivity index (χ0v) is 6.52. The number of nitrogens with one attached hydrogen (secondary N) is 1. The van der Waals surface area contributed by atoms with Gasteiger partial charge in [0.1, 0.15) is 0 Å². The first-order valence-electron chi connectivity index (χ1n) is 2.74. The van der Waals surface area contributed by atoms with E-state index in [9.17, 15) is 13.5 Å². The molecule has 0 spiro atoms. The Hall–Kier alpha value is -0.390. The van der Waals surface area contributed by atoms with Gasteiger partial charge in [-0.3, -0.25) is 0 Å². The molecule has 1 N–H and O–H groups in total. The summed E-state index contributed by atoms with van der Waals surface area (Å²) in [5.41, 5.74) is 0. The van der Waals surface area contributed by atoms with Gasteiger partial charge in [-0.1, -0.05) is 6.08 Å². The summed E-state index contributed by atoms with van der Waals surface area (Å²) in [7, 11) is -3.41. The Morgan fingerprint density at radius 1 is 1.70 bits per heavy atom. The molecule has 0 aromatic carbocycles. The highest BCUT2D eigenvalue weighted by Crippen LogP contribution is 1.86.